The van der Waals surface area contributed by atoms with Gasteiger partial charge in [0.1, 0.15) is 18.1 Å². The van der Waals surface area contributed by atoms with Gasteiger partial charge in [0.2, 0.25) is 0 Å². The van der Waals surface area contributed by atoms with Crippen LogP contribution in [0.1, 0.15) is 10.4 Å². The molecule has 0 aromatic heterocycles. The molecule has 2 N–H and O–H groups in total. The van der Waals surface area contributed by atoms with E-state index in [0.717, 1.165) is 0 Å². The van der Waals surface area contributed by atoms with E-state index in [0.29, 0.717) is 11.3 Å². The van der Waals surface area contributed by atoms with Crippen molar-refractivity contribution in [2.45, 2.75) is 18.3 Å². The number of nitrogens with one attached hydrogen (secondary N) is 1. The quantitative estimate of drug-likeness (QED) is 0.755. The van der Waals surface area contributed by atoms with Gasteiger partial charge in [-0.2, -0.15) is 0 Å². The molecule has 20 heavy (non-hydrogen) atoms. The summed E-state index contributed by atoms with van der Waals surface area (Å²) in [7, 11) is 0. The zero-order chi connectivity index (χ0) is 13.9. The van der Waals surface area contributed by atoms with Crippen LogP contribution in [0, 0.1) is 5.92 Å². The monoisotopic (exact) mass is 272 g/mol. The SMILES string of the molecule is O=C1c2ccccc2N[C@H]2[C@H](O)C3C=C(F)C=CC3N12. The second-order valence-electron chi connectivity index (χ2n) is 5.32. The lowest BCUT2D eigenvalue weighted by Crippen LogP contribution is -2.50. The van der Waals surface area contributed by atoms with Crippen LogP contribution in [0.2, 0.25) is 0 Å². The molecule has 2 unspecified atom stereocenters. The van der Waals surface area contributed by atoms with E-state index in [4.69, 9.17) is 0 Å². The average Bonchev–Trinajstić information content (AvgIpc) is 2.73. The Morgan fingerprint density at radius 3 is 2.95 bits per heavy atom. The number of hydrogen-bond donors (Lipinski definition) is 2. The molecule has 0 saturated carbocycles. The van der Waals surface area contributed by atoms with E-state index < -0.39 is 18.2 Å². The molecule has 1 saturated heterocycles. The van der Waals surface area contributed by atoms with Crippen LogP contribution in [0.3, 0.4) is 0 Å². The molecule has 1 aliphatic carbocycles. The number of aliphatic hydroxyl groups excluding tert-OH is 1. The number of carbonyl (C=O) groups excluding carboxylic acids is 1. The Morgan fingerprint density at radius 1 is 1.30 bits per heavy atom. The van der Waals surface area contributed by atoms with E-state index in [1.165, 1.54) is 12.2 Å². The van der Waals surface area contributed by atoms with Crippen LogP contribution in [0.25, 0.3) is 0 Å². The first-order chi connectivity index (χ1) is 9.66. The second-order valence-corrected chi connectivity index (χ2v) is 5.32. The minimum absolute atomic E-state index is 0.128. The first-order valence-electron chi connectivity index (χ1n) is 6.58. The number of allylic oxidation sites excluding steroid dienone is 2. The van der Waals surface area contributed by atoms with Gasteiger partial charge in [0.25, 0.3) is 5.91 Å². The molecule has 0 spiro atoms. The van der Waals surface area contributed by atoms with Crippen LogP contribution in [0.15, 0.2) is 48.3 Å². The molecule has 2 heterocycles. The molecule has 102 valence electrons. The lowest BCUT2D eigenvalue weighted by atomic mass is 9.93. The summed E-state index contributed by atoms with van der Waals surface area (Å²) in [4.78, 5) is 14.2. The summed E-state index contributed by atoms with van der Waals surface area (Å²) in [6.07, 6.45) is 3.06. The summed E-state index contributed by atoms with van der Waals surface area (Å²) in [5.41, 5.74) is 1.30. The molecule has 0 bridgehead atoms. The Balaban J connectivity index is 1.80. The predicted octanol–water partition coefficient (Wildman–Crippen LogP) is 1.66. The fraction of sp³-hybridized carbons (Fsp3) is 0.267. The van der Waals surface area contributed by atoms with Crippen LogP contribution in [-0.4, -0.2) is 34.2 Å². The highest BCUT2D eigenvalue weighted by atomic mass is 19.1. The van der Waals surface area contributed by atoms with E-state index in [9.17, 15) is 14.3 Å². The number of anilines is 1. The van der Waals surface area contributed by atoms with Crippen LogP contribution < -0.4 is 5.32 Å². The van der Waals surface area contributed by atoms with E-state index in [2.05, 4.69) is 5.32 Å². The Labute approximate surface area is 115 Å². The Morgan fingerprint density at radius 2 is 2.10 bits per heavy atom. The number of hydrogen-bond acceptors (Lipinski definition) is 3. The normalized spacial score (nSPS) is 34.0. The number of aliphatic hydroxyl groups is 1. The number of rotatable bonds is 0. The summed E-state index contributed by atoms with van der Waals surface area (Å²) in [6, 6.07) is 6.90. The summed E-state index contributed by atoms with van der Waals surface area (Å²) in [5, 5.41) is 13.6. The van der Waals surface area contributed by atoms with Crippen molar-refractivity contribution in [1.29, 1.82) is 0 Å². The highest BCUT2D eigenvalue weighted by Gasteiger charge is 2.51. The van der Waals surface area contributed by atoms with Gasteiger partial charge in [-0.25, -0.2) is 4.39 Å². The van der Waals surface area contributed by atoms with Crippen molar-refractivity contribution in [3.63, 3.8) is 0 Å². The molecule has 5 heteroatoms. The standard InChI is InChI=1S/C15H13FN2O2/c16-8-5-6-12-10(7-8)13(19)14-17-11-4-2-1-3-9(11)15(20)18(12)14/h1-7,10,12-14,17,19H/t10?,12?,13-,14-/m1/s1. The van der Waals surface area contributed by atoms with Gasteiger partial charge in [0, 0.05) is 11.6 Å². The zero-order valence-corrected chi connectivity index (χ0v) is 10.5. The highest BCUT2D eigenvalue weighted by molar-refractivity contribution is 6.02. The molecule has 1 aromatic rings. The summed E-state index contributed by atoms with van der Waals surface area (Å²) in [5.74, 6) is -0.901. The highest BCUT2D eigenvalue weighted by Crippen LogP contribution is 2.40. The van der Waals surface area contributed by atoms with E-state index in [1.54, 1.807) is 23.1 Å². The molecule has 1 amide bonds. The van der Waals surface area contributed by atoms with Gasteiger partial charge < -0.3 is 15.3 Å². The molecular weight excluding hydrogens is 259 g/mol. The maximum absolute atomic E-state index is 13.4. The Bertz CT molecular complexity index is 655. The Hall–Kier alpha value is -2.14. The van der Waals surface area contributed by atoms with Gasteiger partial charge in [-0.05, 0) is 24.3 Å². The van der Waals surface area contributed by atoms with Gasteiger partial charge in [-0.1, -0.05) is 18.2 Å². The lowest BCUT2D eigenvalue weighted by Gasteiger charge is -2.36. The minimum atomic E-state index is -0.826. The number of carbonyl (C=O) groups is 1. The molecular formula is C15H13FN2O2. The minimum Gasteiger partial charge on any atom is -0.388 e. The Kier molecular flexibility index (Phi) is 2.29. The van der Waals surface area contributed by atoms with Crippen LogP contribution in [-0.2, 0) is 0 Å². The van der Waals surface area contributed by atoms with Gasteiger partial charge in [-0.3, -0.25) is 4.79 Å². The van der Waals surface area contributed by atoms with Crippen LogP contribution in [0.5, 0.6) is 0 Å². The zero-order valence-electron chi connectivity index (χ0n) is 10.5. The van der Waals surface area contributed by atoms with Crippen molar-refractivity contribution in [2.75, 3.05) is 5.32 Å². The van der Waals surface area contributed by atoms with Gasteiger partial charge >= 0.3 is 0 Å². The number of fused-ring (bicyclic) bond motifs is 4. The van der Waals surface area contributed by atoms with E-state index >= 15 is 0 Å². The summed E-state index contributed by atoms with van der Waals surface area (Å²) in [6.45, 7) is 0. The first kappa shape index (κ1) is 11.7. The third-order valence-electron chi connectivity index (χ3n) is 4.23. The third-order valence-corrected chi connectivity index (χ3v) is 4.23. The summed E-state index contributed by atoms with van der Waals surface area (Å²) >= 11 is 0. The molecule has 1 aromatic carbocycles. The van der Waals surface area contributed by atoms with Crippen molar-refractivity contribution in [3.05, 3.63) is 53.9 Å². The van der Waals surface area contributed by atoms with Gasteiger partial charge in [0.05, 0.1) is 11.6 Å². The fourth-order valence-electron chi connectivity index (χ4n) is 3.31. The molecule has 1 fully saturated rings. The summed E-state index contributed by atoms with van der Waals surface area (Å²) < 4.78 is 13.4. The molecule has 4 atom stereocenters. The first-order valence-corrected chi connectivity index (χ1v) is 6.58. The fourth-order valence-corrected chi connectivity index (χ4v) is 3.31. The number of benzene rings is 1. The van der Waals surface area contributed by atoms with Crippen molar-refractivity contribution < 1.29 is 14.3 Å². The van der Waals surface area contributed by atoms with Gasteiger partial charge in [0.15, 0.2) is 0 Å². The maximum atomic E-state index is 13.4. The molecule has 0 radical (unpaired) electrons. The molecule has 4 rings (SSSR count). The smallest absolute Gasteiger partial charge is 0.258 e. The van der Waals surface area contributed by atoms with Gasteiger partial charge in [-0.15, -0.1) is 0 Å². The predicted molar refractivity (Wildman–Crippen MR) is 71.6 cm³/mol. The van der Waals surface area contributed by atoms with Crippen LogP contribution >= 0.6 is 0 Å². The largest absolute Gasteiger partial charge is 0.388 e. The number of para-hydroxylation sites is 1. The van der Waals surface area contributed by atoms with Crippen molar-refractivity contribution in [3.8, 4) is 0 Å². The third kappa shape index (κ3) is 1.41. The maximum Gasteiger partial charge on any atom is 0.258 e. The number of amides is 1. The van der Waals surface area contributed by atoms with E-state index in [1.807, 2.05) is 12.1 Å². The topological polar surface area (TPSA) is 52.6 Å². The van der Waals surface area contributed by atoms with Crippen molar-refractivity contribution in [1.82, 2.24) is 4.90 Å². The van der Waals surface area contributed by atoms with E-state index in [-0.39, 0.29) is 17.8 Å². The van der Waals surface area contributed by atoms with Crippen molar-refractivity contribution >= 4 is 11.6 Å². The lowest BCUT2D eigenvalue weighted by molar-refractivity contribution is 0.0628. The van der Waals surface area contributed by atoms with Crippen LogP contribution in [0.4, 0.5) is 10.1 Å². The molecule has 2 aliphatic heterocycles. The molecule has 3 aliphatic rings. The molecule has 4 nitrogen and oxygen atoms in total. The second kappa shape index (κ2) is 3.93. The average molecular weight is 272 g/mol. The van der Waals surface area contributed by atoms with Crippen molar-refractivity contribution in [2.24, 2.45) is 5.92 Å². The number of nitrogens with zero attached hydrogens (tertiary/aromatic N) is 1. The number of halogens is 1.